The normalized spacial score (nSPS) is 21.8. The van der Waals surface area contributed by atoms with E-state index in [2.05, 4.69) is 6.92 Å². The number of aliphatic hydroxyl groups is 1. The van der Waals surface area contributed by atoms with E-state index in [4.69, 9.17) is 9.84 Å². The summed E-state index contributed by atoms with van der Waals surface area (Å²) >= 11 is 0. The van der Waals surface area contributed by atoms with E-state index in [1.54, 1.807) is 0 Å². The van der Waals surface area contributed by atoms with E-state index in [9.17, 15) is 0 Å². The second kappa shape index (κ2) is 11.7. The number of ether oxygens (including phenoxy) is 1. The molecular weight excluding hydrogens is 236 g/mol. The molecule has 1 heterocycles. The maximum Gasteiger partial charge on any atom is 0.0841 e. The van der Waals surface area contributed by atoms with Gasteiger partial charge in [-0.2, -0.15) is 0 Å². The van der Waals surface area contributed by atoms with Crippen LogP contribution in [0.15, 0.2) is 0 Å². The maximum atomic E-state index is 8.69. The number of hydrogen-bond donors (Lipinski definition) is 1. The lowest BCUT2D eigenvalue weighted by atomic mass is 10.0. The largest absolute Gasteiger partial charge is 0.396 e. The summed E-state index contributed by atoms with van der Waals surface area (Å²) in [4.78, 5) is 0. The summed E-state index contributed by atoms with van der Waals surface area (Å²) < 4.78 is 5.73. The van der Waals surface area contributed by atoms with Gasteiger partial charge in [-0.1, -0.05) is 71.1 Å². The van der Waals surface area contributed by atoms with Gasteiger partial charge >= 0.3 is 0 Å². The van der Waals surface area contributed by atoms with Crippen molar-refractivity contribution in [1.82, 2.24) is 0 Å². The molecule has 1 N–H and O–H groups in total. The van der Waals surface area contributed by atoms with Crippen molar-refractivity contribution in [3.63, 3.8) is 0 Å². The number of aliphatic hydroxyl groups excluding tert-OH is 1. The van der Waals surface area contributed by atoms with Gasteiger partial charge in [-0.3, -0.25) is 0 Å². The second-order valence-electron chi connectivity index (χ2n) is 6.05. The van der Waals surface area contributed by atoms with Gasteiger partial charge in [0.05, 0.1) is 12.2 Å². The second-order valence-corrected chi connectivity index (χ2v) is 6.05. The lowest BCUT2D eigenvalue weighted by Crippen LogP contribution is -1.95. The van der Waals surface area contributed by atoms with Crippen LogP contribution in [0, 0.1) is 0 Å². The third kappa shape index (κ3) is 9.45. The number of rotatable bonds is 14. The summed E-state index contributed by atoms with van der Waals surface area (Å²) in [5, 5.41) is 8.69. The van der Waals surface area contributed by atoms with E-state index in [0.29, 0.717) is 18.8 Å². The van der Waals surface area contributed by atoms with E-state index >= 15 is 0 Å². The van der Waals surface area contributed by atoms with Crippen LogP contribution >= 0.6 is 0 Å². The SMILES string of the molecule is CCCCCCCCC1OC1CCCCCCCO. The predicted octanol–water partition coefficient (Wildman–Crippen LogP) is 4.84. The molecule has 0 aliphatic carbocycles. The summed E-state index contributed by atoms with van der Waals surface area (Å²) in [6.45, 7) is 2.62. The number of unbranched alkanes of at least 4 members (excludes halogenated alkanes) is 9. The van der Waals surface area contributed by atoms with Crippen LogP contribution in [0.5, 0.6) is 0 Å². The molecule has 114 valence electrons. The number of hydrogen-bond acceptors (Lipinski definition) is 2. The Hall–Kier alpha value is -0.0800. The molecule has 1 aliphatic rings. The van der Waals surface area contributed by atoms with Crippen LogP contribution in [0.25, 0.3) is 0 Å². The molecule has 0 saturated carbocycles. The van der Waals surface area contributed by atoms with Gasteiger partial charge < -0.3 is 9.84 Å². The highest BCUT2D eigenvalue weighted by atomic mass is 16.6. The lowest BCUT2D eigenvalue weighted by molar-refractivity contribution is 0.282. The molecule has 0 aromatic heterocycles. The quantitative estimate of drug-likeness (QED) is 0.362. The van der Waals surface area contributed by atoms with Gasteiger partial charge in [0, 0.05) is 6.61 Å². The molecular formula is C17H34O2. The lowest BCUT2D eigenvalue weighted by Gasteiger charge is -2.00. The van der Waals surface area contributed by atoms with Crippen molar-refractivity contribution in [3.05, 3.63) is 0 Å². The topological polar surface area (TPSA) is 32.8 Å². The van der Waals surface area contributed by atoms with Gasteiger partial charge in [0.25, 0.3) is 0 Å². The Bertz CT molecular complexity index is 174. The van der Waals surface area contributed by atoms with E-state index in [-0.39, 0.29) is 0 Å². The molecule has 0 spiro atoms. The van der Waals surface area contributed by atoms with Crippen LogP contribution in [-0.2, 0) is 4.74 Å². The van der Waals surface area contributed by atoms with E-state index < -0.39 is 0 Å². The Morgan fingerprint density at radius 1 is 0.684 bits per heavy atom. The molecule has 1 fully saturated rings. The smallest absolute Gasteiger partial charge is 0.0841 e. The molecule has 1 rings (SSSR count). The fourth-order valence-electron chi connectivity index (χ4n) is 2.80. The molecule has 2 nitrogen and oxygen atoms in total. The highest BCUT2D eigenvalue weighted by Crippen LogP contribution is 2.31. The first-order chi connectivity index (χ1) is 9.38. The van der Waals surface area contributed by atoms with E-state index in [1.165, 1.54) is 77.0 Å². The Balaban J connectivity index is 1.76. The van der Waals surface area contributed by atoms with Crippen molar-refractivity contribution in [3.8, 4) is 0 Å². The molecule has 0 aromatic rings. The van der Waals surface area contributed by atoms with Crippen molar-refractivity contribution in [1.29, 1.82) is 0 Å². The fourth-order valence-corrected chi connectivity index (χ4v) is 2.80. The average molecular weight is 270 g/mol. The van der Waals surface area contributed by atoms with Crippen molar-refractivity contribution in [2.75, 3.05) is 6.61 Å². The third-order valence-corrected chi connectivity index (χ3v) is 4.18. The zero-order valence-corrected chi connectivity index (χ0v) is 12.9. The van der Waals surface area contributed by atoms with Crippen LogP contribution < -0.4 is 0 Å². The minimum absolute atomic E-state index is 0.353. The molecule has 0 radical (unpaired) electrons. The third-order valence-electron chi connectivity index (χ3n) is 4.18. The summed E-state index contributed by atoms with van der Waals surface area (Å²) in [5.74, 6) is 0. The first-order valence-corrected chi connectivity index (χ1v) is 8.64. The predicted molar refractivity (Wildman–Crippen MR) is 81.4 cm³/mol. The molecule has 0 aromatic carbocycles. The highest BCUT2D eigenvalue weighted by Gasteiger charge is 2.36. The Labute approximate surface area is 119 Å². The van der Waals surface area contributed by atoms with Crippen LogP contribution in [0.4, 0.5) is 0 Å². The number of epoxide rings is 1. The van der Waals surface area contributed by atoms with Gasteiger partial charge in [0.15, 0.2) is 0 Å². The maximum absolute atomic E-state index is 8.69. The Morgan fingerprint density at radius 2 is 1.16 bits per heavy atom. The molecule has 1 saturated heterocycles. The van der Waals surface area contributed by atoms with Crippen LogP contribution in [-0.4, -0.2) is 23.9 Å². The van der Waals surface area contributed by atoms with Crippen molar-refractivity contribution >= 4 is 0 Å². The van der Waals surface area contributed by atoms with E-state index in [0.717, 1.165) is 6.42 Å². The highest BCUT2D eigenvalue weighted by molar-refractivity contribution is 4.84. The molecule has 2 unspecified atom stereocenters. The molecule has 0 amide bonds. The zero-order valence-electron chi connectivity index (χ0n) is 12.9. The van der Waals surface area contributed by atoms with E-state index in [1.807, 2.05) is 0 Å². The van der Waals surface area contributed by atoms with Gasteiger partial charge in [0.1, 0.15) is 0 Å². The molecule has 2 heteroatoms. The summed E-state index contributed by atoms with van der Waals surface area (Å²) in [7, 11) is 0. The first kappa shape index (κ1) is 17.0. The van der Waals surface area contributed by atoms with Gasteiger partial charge in [-0.25, -0.2) is 0 Å². The minimum Gasteiger partial charge on any atom is -0.396 e. The van der Waals surface area contributed by atoms with Crippen LogP contribution in [0.3, 0.4) is 0 Å². The minimum atomic E-state index is 0.353. The summed E-state index contributed by atoms with van der Waals surface area (Å²) in [6, 6.07) is 0. The summed E-state index contributed by atoms with van der Waals surface area (Å²) in [6.07, 6.45) is 18.1. The molecule has 2 atom stereocenters. The Kier molecular flexibility index (Phi) is 10.5. The van der Waals surface area contributed by atoms with Crippen molar-refractivity contribution < 1.29 is 9.84 Å². The fraction of sp³-hybridized carbons (Fsp3) is 1.00. The monoisotopic (exact) mass is 270 g/mol. The first-order valence-electron chi connectivity index (χ1n) is 8.64. The van der Waals surface area contributed by atoms with Gasteiger partial charge in [-0.05, 0) is 19.3 Å². The van der Waals surface area contributed by atoms with Crippen LogP contribution in [0.1, 0.15) is 90.4 Å². The average Bonchev–Trinajstić information content (AvgIpc) is 3.16. The van der Waals surface area contributed by atoms with Gasteiger partial charge in [-0.15, -0.1) is 0 Å². The van der Waals surface area contributed by atoms with Crippen molar-refractivity contribution in [2.45, 2.75) is 103 Å². The van der Waals surface area contributed by atoms with Gasteiger partial charge in [0.2, 0.25) is 0 Å². The molecule has 19 heavy (non-hydrogen) atoms. The summed E-state index contributed by atoms with van der Waals surface area (Å²) in [5.41, 5.74) is 0. The molecule has 1 aliphatic heterocycles. The Morgan fingerprint density at radius 3 is 1.68 bits per heavy atom. The zero-order chi connectivity index (χ0) is 13.8. The standard InChI is InChI=1S/C17H34O2/c1-2-3-4-5-7-10-13-16-17(19-16)14-11-8-6-9-12-15-18/h16-18H,2-15H2,1H3. The molecule has 0 bridgehead atoms. The van der Waals surface area contributed by atoms with Crippen molar-refractivity contribution in [2.24, 2.45) is 0 Å². The van der Waals surface area contributed by atoms with Crippen LogP contribution in [0.2, 0.25) is 0 Å².